The lowest BCUT2D eigenvalue weighted by Gasteiger charge is -2.27. The molecule has 9 aromatic rings. The fourth-order valence-corrected chi connectivity index (χ4v) is 7.17. The average Bonchev–Trinajstić information content (AvgIpc) is 3.22. The highest BCUT2D eigenvalue weighted by molar-refractivity contribution is 6.22. The number of nitrogens with zero attached hydrogens (tertiary/aromatic N) is 6. The van der Waals surface area contributed by atoms with Crippen molar-refractivity contribution in [1.29, 1.82) is 0 Å². The van der Waals surface area contributed by atoms with E-state index in [2.05, 4.69) is 139 Å². The number of fused-ring (bicyclic) bond motifs is 2. The molecular formula is C46H32N6. The SMILES string of the molecule is c1ccc(-c2c3ccc(N(c4ccncc4)c4cccnc4)cc3c(-c3ccccc3)c3ccc(N(c4ccncc4)c4cccnc4)cc23)cc1. The van der Waals surface area contributed by atoms with Crippen molar-refractivity contribution in [3.8, 4) is 22.3 Å². The van der Waals surface area contributed by atoms with Crippen LogP contribution in [0.1, 0.15) is 0 Å². The fraction of sp³-hybridized carbons (Fsp3) is 0. The first-order valence-corrected chi connectivity index (χ1v) is 17.2. The Morgan fingerprint density at radius 3 is 1.10 bits per heavy atom. The van der Waals surface area contributed by atoms with Gasteiger partial charge in [0.25, 0.3) is 0 Å². The predicted molar refractivity (Wildman–Crippen MR) is 213 cm³/mol. The summed E-state index contributed by atoms with van der Waals surface area (Å²) in [7, 11) is 0. The zero-order valence-corrected chi connectivity index (χ0v) is 28.2. The van der Waals surface area contributed by atoms with Crippen LogP contribution in [0.3, 0.4) is 0 Å². The van der Waals surface area contributed by atoms with Gasteiger partial charge < -0.3 is 9.80 Å². The van der Waals surface area contributed by atoms with E-state index in [9.17, 15) is 0 Å². The van der Waals surface area contributed by atoms with Crippen LogP contribution in [0.2, 0.25) is 0 Å². The average molecular weight is 669 g/mol. The van der Waals surface area contributed by atoms with E-state index in [0.29, 0.717) is 0 Å². The van der Waals surface area contributed by atoms with Gasteiger partial charge in [0.1, 0.15) is 0 Å². The summed E-state index contributed by atoms with van der Waals surface area (Å²) in [6, 6.07) is 51.3. The Morgan fingerprint density at radius 1 is 0.288 bits per heavy atom. The topological polar surface area (TPSA) is 58.0 Å². The Kier molecular flexibility index (Phi) is 8.08. The van der Waals surface area contributed by atoms with Gasteiger partial charge in [-0.1, -0.05) is 72.8 Å². The molecule has 246 valence electrons. The van der Waals surface area contributed by atoms with Gasteiger partial charge >= 0.3 is 0 Å². The summed E-state index contributed by atoms with van der Waals surface area (Å²) in [5, 5.41) is 4.64. The maximum absolute atomic E-state index is 4.48. The number of rotatable bonds is 8. The number of hydrogen-bond donors (Lipinski definition) is 0. The second-order valence-electron chi connectivity index (χ2n) is 12.4. The van der Waals surface area contributed by atoms with Crippen molar-refractivity contribution in [1.82, 2.24) is 19.9 Å². The summed E-state index contributed by atoms with van der Waals surface area (Å²) in [5.41, 5.74) is 10.7. The molecule has 0 spiro atoms. The van der Waals surface area contributed by atoms with E-state index >= 15 is 0 Å². The molecule has 9 rings (SSSR count). The van der Waals surface area contributed by atoms with Gasteiger partial charge in [-0.25, -0.2) is 0 Å². The lowest BCUT2D eigenvalue weighted by molar-refractivity contribution is 1.21. The van der Waals surface area contributed by atoms with Crippen molar-refractivity contribution in [3.05, 3.63) is 195 Å². The maximum atomic E-state index is 4.48. The molecule has 0 aliphatic rings. The van der Waals surface area contributed by atoms with Gasteiger partial charge in [0.2, 0.25) is 0 Å². The van der Waals surface area contributed by atoms with Crippen molar-refractivity contribution in [2.45, 2.75) is 0 Å². The molecular weight excluding hydrogens is 637 g/mol. The van der Waals surface area contributed by atoms with Crippen LogP contribution < -0.4 is 9.80 Å². The third kappa shape index (κ3) is 5.68. The standard InChI is InChI=1S/C46H32N6/c1-3-9-33(10-4-1)45-41-17-15-38(52(36-21-27-48-28-22-36)40-14-8-24-50-32-40)30-44(41)46(34-11-5-2-6-12-34)42-18-16-37(29-43(42)45)51(35-19-25-47-26-20-35)39-13-7-23-49-31-39/h1-32H. The molecule has 0 aliphatic carbocycles. The number of pyridine rings is 4. The first-order chi connectivity index (χ1) is 25.8. The van der Waals surface area contributed by atoms with Crippen LogP contribution >= 0.6 is 0 Å². The Balaban J connectivity index is 1.37. The molecule has 0 radical (unpaired) electrons. The summed E-state index contributed by atoms with van der Waals surface area (Å²) in [5.74, 6) is 0. The van der Waals surface area contributed by atoms with Crippen LogP contribution in [0, 0.1) is 0 Å². The number of benzene rings is 5. The molecule has 5 aromatic carbocycles. The van der Waals surface area contributed by atoms with E-state index in [1.54, 1.807) is 12.4 Å². The lowest BCUT2D eigenvalue weighted by Crippen LogP contribution is -2.10. The van der Waals surface area contributed by atoms with Gasteiger partial charge in [0.05, 0.1) is 23.8 Å². The van der Waals surface area contributed by atoms with Gasteiger partial charge in [0.15, 0.2) is 0 Å². The fourth-order valence-electron chi connectivity index (χ4n) is 7.17. The molecule has 6 heteroatoms. The molecule has 4 heterocycles. The third-order valence-corrected chi connectivity index (χ3v) is 9.38. The monoisotopic (exact) mass is 668 g/mol. The lowest BCUT2D eigenvalue weighted by atomic mass is 9.85. The van der Waals surface area contributed by atoms with Crippen molar-refractivity contribution in [3.63, 3.8) is 0 Å². The minimum Gasteiger partial charge on any atom is -0.309 e. The zero-order chi connectivity index (χ0) is 34.7. The molecule has 0 fully saturated rings. The van der Waals surface area contributed by atoms with Crippen LogP contribution in [0.15, 0.2) is 195 Å². The highest BCUT2D eigenvalue weighted by atomic mass is 15.2. The molecule has 0 aliphatic heterocycles. The third-order valence-electron chi connectivity index (χ3n) is 9.38. The molecule has 0 bridgehead atoms. The van der Waals surface area contributed by atoms with Crippen LogP contribution in [-0.2, 0) is 0 Å². The summed E-state index contributed by atoms with van der Waals surface area (Å²) in [6.07, 6.45) is 14.7. The Bertz CT molecular complexity index is 2340. The van der Waals surface area contributed by atoms with Crippen LogP contribution in [0.5, 0.6) is 0 Å². The molecule has 0 saturated carbocycles. The quantitative estimate of drug-likeness (QED) is 0.150. The smallest absolute Gasteiger partial charge is 0.0644 e. The van der Waals surface area contributed by atoms with Crippen LogP contribution in [0.4, 0.5) is 34.1 Å². The van der Waals surface area contributed by atoms with E-state index in [1.807, 2.05) is 73.6 Å². The van der Waals surface area contributed by atoms with Crippen LogP contribution in [-0.4, -0.2) is 19.9 Å². The minimum absolute atomic E-state index is 0.967. The summed E-state index contributed by atoms with van der Waals surface area (Å²) < 4.78 is 0. The van der Waals surface area contributed by atoms with E-state index < -0.39 is 0 Å². The van der Waals surface area contributed by atoms with Gasteiger partial charge in [-0.05, 0) is 117 Å². The van der Waals surface area contributed by atoms with Crippen molar-refractivity contribution >= 4 is 55.7 Å². The molecule has 0 saturated heterocycles. The second kappa shape index (κ2) is 13.6. The van der Waals surface area contributed by atoms with Gasteiger partial charge in [0, 0.05) is 59.9 Å². The van der Waals surface area contributed by atoms with Gasteiger partial charge in [-0.15, -0.1) is 0 Å². The van der Waals surface area contributed by atoms with Crippen molar-refractivity contribution in [2.75, 3.05) is 9.80 Å². The van der Waals surface area contributed by atoms with Crippen molar-refractivity contribution in [2.24, 2.45) is 0 Å². The van der Waals surface area contributed by atoms with Crippen LogP contribution in [0.25, 0.3) is 43.8 Å². The zero-order valence-electron chi connectivity index (χ0n) is 28.2. The van der Waals surface area contributed by atoms with Gasteiger partial charge in [-0.3, -0.25) is 19.9 Å². The molecule has 4 aromatic heterocycles. The van der Waals surface area contributed by atoms with E-state index in [1.165, 1.54) is 11.1 Å². The molecule has 0 amide bonds. The largest absolute Gasteiger partial charge is 0.309 e. The summed E-state index contributed by atoms with van der Waals surface area (Å²) >= 11 is 0. The summed E-state index contributed by atoms with van der Waals surface area (Å²) in [4.78, 5) is 22.0. The Labute approximate surface area is 302 Å². The predicted octanol–water partition coefficient (Wildman–Crippen LogP) is 11.8. The minimum atomic E-state index is 0.967. The molecule has 0 unspecified atom stereocenters. The first kappa shape index (κ1) is 30.8. The number of anilines is 6. The molecule has 6 nitrogen and oxygen atoms in total. The number of aromatic nitrogens is 4. The molecule has 0 N–H and O–H groups in total. The van der Waals surface area contributed by atoms with Gasteiger partial charge in [-0.2, -0.15) is 0 Å². The second-order valence-corrected chi connectivity index (χ2v) is 12.4. The van der Waals surface area contributed by atoms with Crippen molar-refractivity contribution < 1.29 is 0 Å². The number of hydrogen-bond acceptors (Lipinski definition) is 6. The molecule has 0 atom stereocenters. The first-order valence-electron chi connectivity index (χ1n) is 17.2. The van der Waals surface area contributed by atoms with E-state index in [4.69, 9.17) is 0 Å². The molecule has 52 heavy (non-hydrogen) atoms. The highest BCUT2D eigenvalue weighted by Crippen LogP contribution is 2.48. The van der Waals surface area contributed by atoms with E-state index in [0.717, 1.165) is 66.8 Å². The summed E-state index contributed by atoms with van der Waals surface area (Å²) in [6.45, 7) is 0. The normalized spacial score (nSPS) is 11.1. The Hall–Kier alpha value is -7.18. The highest BCUT2D eigenvalue weighted by Gasteiger charge is 2.22. The van der Waals surface area contributed by atoms with E-state index in [-0.39, 0.29) is 0 Å². The maximum Gasteiger partial charge on any atom is 0.0644 e. The Morgan fingerprint density at radius 2 is 0.712 bits per heavy atom.